The maximum absolute atomic E-state index is 13.2. The Bertz CT molecular complexity index is 845. The molecule has 1 fully saturated rings. The Labute approximate surface area is 148 Å². The predicted molar refractivity (Wildman–Crippen MR) is 87.2 cm³/mol. The van der Waals surface area contributed by atoms with Gasteiger partial charge < -0.3 is 10.1 Å². The van der Waals surface area contributed by atoms with Crippen LogP contribution in [0.2, 0.25) is 0 Å². The Morgan fingerprint density at radius 2 is 1.88 bits per heavy atom. The Balaban J connectivity index is 1.53. The molecule has 1 aliphatic rings. The maximum Gasteiger partial charge on any atom is 0.251 e. The molecule has 3 rings (SSSR count). The van der Waals surface area contributed by atoms with Gasteiger partial charge in [0.2, 0.25) is 5.69 Å². The zero-order valence-electron chi connectivity index (χ0n) is 13.8. The lowest BCUT2D eigenvalue weighted by Crippen LogP contribution is -2.39. The van der Waals surface area contributed by atoms with Crippen LogP contribution in [0.1, 0.15) is 41.7 Å². The second kappa shape index (κ2) is 7.87. The summed E-state index contributed by atoms with van der Waals surface area (Å²) in [7, 11) is 0. The van der Waals surface area contributed by atoms with Crippen molar-refractivity contribution in [3.8, 4) is 11.9 Å². The van der Waals surface area contributed by atoms with E-state index in [4.69, 9.17) is 10.00 Å². The number of aromatic nitrogens is 2. The summed E-state index contributed by atoms with van der Waals surface area (Å²) < 4.78 is 31.9. The average molecular weight is 358 g/mol. The van der Waals surface area contributed by atoms with Gasteiger partial charge in [0.05, 0.1) is 0 Å². The number of hydrogen-bond acceptors (Lipinski definition) is 5. The fourth-order valence-corrected chi connectivity index (χ4v) is 2.88. The van der Waals surface area contributed by atoms with Gasteiger partial charge in [-0.3, -0.25) is 4.79 Å². The molecule has 1 N–H and O–H groups in total. The molecule has 1 aromatic carbocycles. The lowest BCUT2D eigenvalue weighted by molar-refractivity contribution is 0.0889. The maximum atomic E-state index is 13.2. The predicted octanol–water partition coefficient (Wildman–Crippen LogP) is 2.75. The van der Waals surface area contributed by atoms with Gasteiger partial charge in [-0.05, 0) is 43.9 Å². The van der Waals surface area contributed by atoms with Gasteiger partial charge in [-0.15, -0.1) is 0 Å². The van der Waals surface area contributed by atoms with Gasteiger partial charge in [-0.2, -0.15) is 5.26 Å². The molecule has 6 nitrogen and oxygen atoms in total. The van der Waals surface area contributed by atoms with Gasteiger partial charge >= 0.3 is 0 Å². The smallest absolute Gasteiger partial charge is 0.251 e. The van der Waals surface area contributed by atoms with E-state index in [0.717, 1.165) is 12.1 Å². The van der Waals surface area contributed by atoms with Gasteiger partial charge in [-0.25, -0.2) is 18.7 Å². The fraction of sp³-hybridized carbons (Fsp3) is 0.333. The summed E-state index contributed by atoms with van der Waals surface area (Å²) in [6.07, 6.45) is 5.45. The van der Waals surface area contributed by atoms with Crippen LogP contribution < -0.4 is 10.1 Å². The number of hydrogen-bond donors (Lipinski definition) is 1. The molecule has 8 heteroatoms. The summed E-state index contributed by atoms with van der Waals surface area (Å²) in [5, 5.41) is 11.8. The van der Waals surface area contributed by atoms with Crippen LogP contribution in [0.4, 0.5) is 8.78 Å². The van der Waals surface area contributed by atoms with Crippen molar-refractivity contribution in [2.24, 2.45) is 0 Å². The Morgan fingerprint density at radius 3 is 2.58 bits per heavy atom. The van der Waals surface area contributed by atoms with Crippen LogP contribution in [0.3, 0.4) is 0 Å². The van der Waals surface area contributed by atoms with Gasteiger partial charge in [-0.1, -0.05) is 0 Å². The van der Waals surface area contributed by atoms with Crippen molar-refractivity contribution in [2.75, 3.05) is 0 Å². The molecule has 1 aliphatic carbocycles. The number of nitrogens with zero attached hydrogens (tertiary/aromatic N) is 3. The quantitative estimate of drug-likeness (QED) is 0.908. The molecular formula is C18H16F2N4O2. The topological polar surface area (TPSA) is 87.9 Å². The molecule has 0 atom stereocenters. The zero-order chi connectivity index (χ0) is 18.5. The van der Waals surface area contributed by atoms with E-state index in [1.165, 1.54) is 18.5 Å². The third-order valence-corrected chi connectivity index (χ3v) is 4.24. The van der Waals surface area contributed by atoms with E-state index in [1.54, 1.807) is 0 Å². The first-order valence-corrected chi connectivity index (χ1v) is 8.20. The van der Waals surface area contributed by atoms with Crippen LogP contribution >= 0.6 is 0 Å². The number of benzene rings is 1. The number of halogens is 2. The molecule has 134 valence electrons. The summed E-state index contributed by atoms with van der Waals surface area (Å²) in [5.74, 6) is -2.26. The molecule has 0 spiro atoms. The molecule has 1 aromatic heterocycles. The van der Waals surface area contributed by atoms with E-state index in [2.05, 4.69) is 15.3 Å². The molecule has 0 saturated heterocycles. The Kier molecular flexibility index (Phi) is 5.37. The Hall–Kier alpha value is -3.08. The highest BCUT2D eigenvalue weighted by atomic mass is 19.2. The molecule has 1 heterocycles. The van der Waals surface area contributed by atoms with Gasteiger partial charge in [0, 0.05) is 24.0 Å². The highest BCUT2D eigenvalue weighted by Crippen LogP contribution is 2.24. The van der Waals surface area contributed by atoms with Gasteiger partial charge in [0.1, 0.15) is 12.2 Å². The van der Waals surface area contributed by atoms with Crippen LogP contribution in [0.15, 0.2) is 30.6 Å². The van der Waals surface area contributed by atoms with Crippen molar-refractivity contribution in [1.82, 2.24) is 15.3 Å². The fourth-order valence-electron chi connectivity index (χ4n) is 2.88. The summed E-state index contributed by atoms with van der Waals surface area (Å²) in [6, 6.07) is 4.93. The number of carbonyl (C=O) groups is 1. The van der Waals surface area contributed by atoms with Crippen LogP contribution in [0.5, 0.6) is 5.88 Å². The second-order valence-electron chi connectivity index (χ2n) is 6.02. The number of ether oxygens (including phenoxy) is 1. The van der Waals surface area contributed by atoms with Crippen molar-refractivity contribution >= 4 is 5.91 Å². The van der Waals surface area contributed by atoms with E-state index in [0.29, 0.717) is 25.7 Å². The third kappa shape index (κ3) is 4.11. The number of amides is 1. The minimum Gasteiger partial charge on any atom is -0.472 e. The molecule has 1 amide bonds. The Morgan fingerprint density at radius 1 is 1.15 bits per heavy atom. The summed E-state index contributed by atoms with van der Waals surface area (Å²) in [4.78, 5) is 20.1. The molecule has 2 aromatic rings. The summed E-state index contributed by atoms with van der Waals surface area (Å²) >= 11 is 0. The first-order valence-electron chi connectivity index (χ1n) is 8.20. The average Bonchev–Trinajstić information content (AvgIpc) is 2.66. The first-order chi connectivity index (χ1) is 12.6. The van der Waals surface area contributed by atoms with E-state index in [9.17, 15) is 13.6 Å². The molecular weight excluding hydrogens is 342 g/mol. The van der Waals surface area contributed by atoms with E-state index in [1.807, 2.05) is 6.07 Å². The molecule has 0 unspecified atom stereocenters. The third-order valence-electron chi connectivity index (χ3n) is 4.24. The number of nitriles is 1. The van der Waals surface area contributed by atoms with E-state index in [-0.39, 0.29) is 29.3 Å². The van der Waals surface area contributed by atoms with Crippen LogP contribution in [0.25, 0.3) is 0 Å². The summed E-state index contributed by atoms with van der Waals surface area (Å²) in [6.45, 7) is 0. The van der Waals surface area contributed by atoms with Crippen LogP contribution in [-0.2, 0) is 0 Å². The van der Waals surface area contributed by atoms with Crippen LogP contribution in [0, 0.1) is 23.0 Å². The highest BCUT2D eigenvalue weighted by molar-refractivity contribution is 5.94. The molecule has 26 heavy (non-hydrogen) atoms. The minimum absolute atomic E-state index is 0.0761. The molecule has 1 saturated carbocycles. The second-order valence-corrected chi connectivity index (χ2v) is 6.02. The van der Waals surface area contributed by atoms with Crippen molar-refractivity contribution < 1.29 is 18.3 Å². The normalized spacial score (nSPS) is 19.4. The number of carbonyl (C=O) groups excluding carboxylic acids is 1. The van der Waals surface area contributed by atoms with Crippen molar-refractivity contribution in [3.63, 3.8) is 0 Å². The monoisotopic (exact) mass is 358 g/mol. The van der Waals surface area contributed by atoms with Crippen molar-refractivity contribution in [3.05, 3.63) is 53.5 Å². The van der Waals surface area contributed by atoms with Gasteiger partial charge in [0.25, 0.3) is 11.8 Å². The molecule has 0 bridgehead atoms. The number of nitrogens with one attached hydrogen (secondary N) is 1. The van der Waals surface area contributed by atoms with Crippen molar-refractivity contribution in [1.29, 1.82) is 5.26 Å². The minimum atomic E-state index is -1.05. The molecule has 0 radical (unpaired) electrons. The SMILES string of the molecule is N#Cc1nccnc1OC1CCC(NC(=O)c2ccc(F)c(F)c2)CC1. The van der Waals surface area contributed by atoms with Crippen molar-refractivity contribution in [2.45, 2.75) is 37.8 Å². The lowest BCUT2D eigenvalue weighted by Gasteiger charge is -2.29. The van der Waals surface area contributed by atoms with Crippen LogP contribution in [-0.4, -0.2) is 28.0 Å². The first kappa shape index (κ1) is 17.7. The highest BCUT2D eigenvalue weighted by Gasteiger charge is 2.25. The summed E-state index contributed by atoms with van der Waals surface area (Å²) in [5.41, 5.74) is 0.224. The number of rotatable bonds is 4. The van der Waals surface area contributed by atoms with Gasteiger partial charge in [0.15, 0.2) is 11.6 Å². The van der Waals surface area contributed by atoms with E-state index < -0.39 is 17.5 Å². The molecule has 0 aliphatic heterocycles. The largest absolute Gasteiger partial charge is 0.472 e. The zero-order valence-corrected chi connectivity index (χ0v) is 13.8. The van der Waals surface area contributed by atoms with E-state index >= 15 is 0 Å². The standard InChI is InChI=1S/C18H16F2N4O2/c19-14-6-1-11(9-15(14)20)17(25)24-12-2-4-13(5-3-12)26-18-16(10-21)22-7-8-23-18/h1,6-9,12-13H,2-5H2,(H,24,25). The lowest BCUT2D eigenvalue weighted by atomic mass is 9.92.